The molecule has 8 nitrogen and oxygen atoms in total. The average Bonchev–Trinajstić information content (AvgIpc) is 3.36. The van der Waals surface area contributed by atoms with E-state index >= 15 is 0 Å². The van der Waals surface area contributed by atoms with Crippen molar-refractivity contribution in [2.75, 3.05) is 6.61 Å². The van der Waals surface area contributed by atoms with Crippen molar-refractivity contribution in [2.45, 2.75) is 45.3 Å². The number of nitrogens with zero attached hydrogens (tertiary/aromatic N) is 7. The average molecular weight is 367 g/mol. The first-order valence-electron chi connectivity index (χ1n) is 9.27. The Morgan fingerprint density at radius 1 is 1.19 bits per heavy atom. The molecule has 0 spiro atoms. The van der Waals surface area contributed by atoms with Crippen LogP contribution in [0.25, 0.3) is 5.69 Å². The van der Waals surface area contributed by atoms with Crippen LogP contribution in [0, 0.1) is 13.8 Å². The fourth-order valence-electron chi connectivity index (χ4n) is 4.06. The van der Waals surface area contributed by atoms with Gasteiger partial charge in [-0.25, -0.2) is 4.98 Å². The zero-order valence-electron chi connectivity index (χ0n) is 15.9. The smallest absolute Gasteiger partial charge is 0.173 e. The van der Waals surface area contributed by atoms with E-state index < -0.39 is 0 Å². The number of hydrogen-bond donors (Lipinski definition) is 1. The van der Waals surface area contributed by atoms with E-state index in [4.69, 9.17) is 0 Å². The van der Waals surface area contributed by atoms with Gasteiger partial charge in [-0.1, -0.05) is 18.2 Å². The van der Waals surface area contributed by atoms with Gasteiger partial charge < -0.3 is 9.67 Å². The number of imidazole rings is 1. The van der Waals surface area contributed by atoms with E-state index in [2.05, 4.69) is 51.4 Å². The Balaban J connectivity index is 1.72. The van der Waals surface area contributed by atoms with Gasteiger partial charge in [0.05, 0.1) is 24.9 Å². The lowest BCUT2D eigenvalue weighted by Gasteiger charge is -2.28. The van der Waals surface area contributed by atoms with E-state index in [0.717, 1.165) is 41.3 Å². The molecular formula is C19H25N7O. The summed E-state index contributed by atoms with van der Waals surface area (Å²) in [7, 11) is 1.99. The molecule has 27 heavy (non-hydrogen) atoms. The van der Waals surface area contributed by atoms with E-state index in [-0.39, 0.29) is 18.7 Å². The number of hydrogen-bond acceptors (Lipinski definition) is 6. The summed E-state index contributed by atoms with van der Waals surface area (Å²) in [5.74, 6) is 1.78. The molecule has 3 heterocycles. The molecule has 0 saturated carbocycles. The number of aliphatic hydroxyl groups is 1. The Labute approximate surface area is 158 Å². The highest BCUT2D eigenvalue weighted by Gasteiger charge is 2.38. The number of aryl methyl sites for hydroxylation is 3. The van der Waals surface area contributed by atoms with Gasteiger partial charge in [-0.2, -0.15) is 4.68 Å². The topological polar surface area (TPSA) is 84.9 Å². The van der Waals surface area contributed by atoms with E-state index in [0.29, 0.717) is 6.54 Å². The zero-order valence-corrected chi connectivity index (χ0v) is 15.9. The number of aromatic nitrogens is 6. The molecule has 1 aliphatic rings. The fourth-order valence-corrected chi connectivity index (χ4v) is 4.06. The highest BCUT2D eigenvalue weighted by atomic mass is 16.3. The van der Waals surface area contributed by atoms with Crippen molar-refractivity contribution in [2.24, 2.45) is 7.05 Å². The van der Waals surface area contributed by atoms with Crippen molar-refractivity contribution in [3.63, 3.8) is 0 Å². The van der Waals surface area contributed by atoms with Crippen LogP contribution < -0.4 is 0 Å². The molecule has 2 atom stereocenters. The number of rotatable bonds is 5. The summed E-state index contributed by atoms with van der Waals surface area (Å²) in [5.41, 5.74) is 3.30. The van der Waals surface area contributed by atoms with Crippen LogP contribution in [-0.2, 0) is 13.6 Å². The number of tetrazole rings is 1. The second-order valence-electron chi connectivity index (χ2n) is 7.25. The summed E-state index contributed by atoms with van der Waals surface area (Å²) in [5, 5.41) is 22.6. The van der Waals surface area contributed by atoms with Crippen LogP contribution in [0.1, 0.15) is 41.7 Å². The predicted octanol–water partition coefficient (Wildman–Crippen LogP) is 1.71. The van der Waals surface area contributed by atoms with Crippen molar-refractivity contribution in [1.29, 1.82) is 0 Å². The van der Waals surface area contributed by atoms with Crippen molar-refractivity contribution < 1.29 is 5.11 Å². The minimum absolute atomic E-state index is 0.0351. The lowest BCUT2D eigenvalue weighted by atomic mass is 10.1. The molecule has 1 N–H and O–H groups in total. The third kappa shape index (κ3) is 3.15. The Kier molecular flexibility index (Phi) is 4.75. The van der Waals surface area contributed by atoms with Crippen molar-refractivity contribution in [1.82, 2.24) is 34.7 Å². The first-order chi connectivity index (χ1) is 13.1. The molecule has 2 aromatic heterocycles. The van der Waals surface area contributed by atoms with Gasteiger partial charge in [0.15, 0.2) is 5.82 Å². The van der Waals surface area contributed by atoms with Crippen molar-refractivity contribution in [3.05, 3.63) is 53.4 Å². The molecule has 0 bridgehead atoms. The molecule has 142 valence electrons. The monoisotopic (exact) mass is 367 g/mol. The van der Waals surface area contributed by atoms with Gasteiger partial charge in [0, 0.05) is 25.5 Å². The minimum atomic E-state index is 0.0351. The Bertz CT molecular complexity index is 912. The van der Waals surface area contributed by atoms with Crippen LogP contribution in [0.3, 0.4) is 0 Å². The maximum Gasteiger partial charge on any atom is 0.173 e. The summed E-state index contributed by atoms with van der Waals surface area (Å²) in [6.45, 7) is 4.92. The Hall–Kier alpha value is -2.58. The van der Waals surface area contributed by atoms with E-state index in [1.54, 1.807) is 6.20 Å². The number of para-hydroxylation sites is 1. The van der Waals surface area contributed by atoms with Crippen molar-refractivity contribution >= 4 is 0 Å². The lowest BCUT2D eigenvalue weighted by molar-refractivity contribution is 0.114. The highest BCUT2D eigenvalue weighted by Crippen LogP contribution is 2.37. The third-order valence-corrected chi connectivity index (χ3v) is 5.54. The van der Waals surface area contributed by atoms with Crippen LogP contribution in [0.5, 0.6) is 0 Å². The minimum Gasteiger partial charge on any atom is -0.395 e. The Morgan fingerprint density at radius 3 is 2.63 bits per heavy atom. The fraction of sp³-hybridized carbons (Fsp3) is 0.474. The molecule has 4 rings (SSSR count). The predicted molar refractivity (Wildman–Crippen MR) is 100 cm³/mol. The van der Waals surface area contributed by atoms with Gasteiger partial charge in [0.2, 0.25) is 0 Å². The normalized spacial score (nSPS) is 20.4. The summed E-state index contributed by atoms with van der Waals surface area (Å²) in [6.07, 6.45) is 5.55. The number of benzene rings is 1. The van der Waals surface area contributed by atoms with Crippen molar-refractivity contribution in [3.8, 4) is 5.69 Å². The zero-order chi connectivity index (χ0) is 19.0. The van der Waals surface area contributed by atoms with E-state index in [1.807, 2.05) is 28.6 Å². The largest absolute Gasteiger partial charge is 0.395 e. The first-order valence-corrected chi connectivity index (χ1v) is 9.27. The molecule has 0 radical (unpaired) electrons. The molecule has 3 aromatic rings. The first kappa shape index (κ1) is 17.8. The number of likely N-dealkylation sites (tertiary alicyclic amines) is 1. The SMILES string of the molecule is Cc1cccc(C)c1-n1nnnc1[C@@H]1CC[C@@H](CO)N1Cc1nccn1C. The molecule has 1 fully saturated rings. The van der Waals surface area contributed by atoms with Gasteiger partial charge in [0.25, 0.3) is 0 Å². The summed E-state index contributed by atoms with van der Waals surface area (Å²) >= 11 is 0. The lowest BCUT2D eigenvalue weighted by Crippen LogP contribution is -2.35. The highest BCUT2D eigenvalue weighted by molar-refractivity contribution is 5.46. The molecule has 1 aromatic carbocycles. The standard InChI is InChI=1S/C19H25N7O/c1-13-5-4-6-14(2)18(13)26-19(21-22-23-26)16-8-7-15(12-27)25(16)11-17-20-9-10-24(17)3/h4-6,9-10,15-16,27H,7-8,11-12H2,1-3H3/t15-,16-/m0/s1. The third-order valence-electron chi connectivity index (χ3n) is 5.54. The molecular weight excluding hydrogens is 342 g/mol. The summed E-state index contributed by atoms with van der Waals surface area (Å²) in [6, 6.07) is 6.31. The Morgan fingerprint density at radius 2 is 1.96 bits per heavy atom. The molecule has 0 aliphatic carbocycles. The van der Waals surface area contributed by atoms with Crippen LogP contribution in [0.4, 0.5) is 0 Å². The van der Waals surface area contributed by atoms with Gasteiger partial charge in [-0.15, -0.1) is 5.10 Å². The van der Waals surface area contributed by atoms with Crippen LogP contribution in [0.2, 0.25) is 0 Å². The van der Waals surface area contributed by atoms with E-state index in [9.17, 15) is 5.11 Å². The summed E-state index contributed by atoms with van der Waals surface area (Å²) < 4.78 is 3.87. The van der Waals surface area contributed by atoms with Crippen LogP contribution >= 0.6 is 0 Å². The van der Waals surface area contributed by atoms with E-state index in [1.165, 1.54) is 0 Å². The molecule has 1 saturated heterocycles. The second kappa shape index (κ2) is 7.21. The van der Waals surface area contributed by atoms with Crippen LogP contribution in [0.15, 0.2) is 30.6 Å². The maximum atomic E-state index is 9.90. The maximum absolute atomic E-state index is 9.90. The van der Waals surface area contributed by atoms with Gasteiger partial charge >= 0.3 is 0 Å². The van der Waals surface area contributed by atoms with Gasteiger partial charge in [0.1, 0.15) is 5.82 Å². The van der Waals surface area contributed by atoms with Crippen LogP contribution in [-0.4, -0.2) is 52.4 Å². The molecule has 0 amide bonds. The molecule has 0 unspecified atom stereocenters. The van der Waals surface area contributed by atoms with Gasteiger partial charge in [-0.3, -0.25) is 4.90 Å². The number of aliphatic hydroxyl groups excluding tert-OH is 1. The second-order valence-corrected chi connectivity index (χ2v) is 7.25. The summed E-state index contributed by atoms with van der Waals surface area (Å²) in [4.78, 5) is 6.73. The quantitative estimate of drug-likeness (QED) is 0.739. The van der Waals surface area contributed by atoms with Gasteiger partial charge in [-0.05, 0) is 48.2 Å². The molecule has 8 heteroatoms. The molecule has 1 aliphatic heterocycles.